The molecule has 1 amide bonds. The molecule has 5 heteroatoms. The molecule has 2 aliphatic rings. The summed E-state index contributed by atoms with van der Waals surface area (Å²) in [5.41, 5.74) is 5.72. The molecule has 0 aromatic heterocycles. The van der Waals surface area contributed by atoms with Crippen LogP contribution in [0.2, 0.25) is 0 Å². The number of carbonyl (C=O) groups excluding carboxylic acids is 1. The van der Waals surface area contributed by atoms with Crippen LogP contribution in [0.4, 0.5) is 8.78 Å². The Hall–Kier alpha value is -1.49. The highest BCUT2D eigenvalue weighted by molar-refractivity contribution is 5.84. The van der Waals surface area contributed by atoms with Gasteiger partial charge < -0.3 is 10.6 Å². The smallest absolute Gasteiger partial charge is 0.230 e. The molecule has 3 rings (SSSR count). The average Bonchev–Trinajstić information content (AvgIpc) is 3.21. The summed E-state index contributed by atoms with van der Waals surface area (Å²) in [5.74, 6) is -1.15. The molecular formula is C16H20F2N2O. The molecule has 1 aromatic rings. The number of amides is 1. The second-order valence-corrected chi connectivity index (χ2v) is 6.24. The lowest BCUT2D eigenvalue weighted by molar-refractivity contribution is -0.148. The molecule has 0 bridgehead atoms. The van der Waals surface area contributed by atoms with Crippen molar-refractivity contribution >= 4 is 5.91 Å². The van der Waals surface area contributed by atoms with E-state index in [0.29, 0.717) is 12.1 Å². The monoisotopic (exact) mass is 294 g/mol. The van der Waals surface area contributed by atoms with Gasteiger partial charge in [-0.05, 0) is 31.7 Å². The van der Waals surface area contributed by atoms with Crippen LogP contribution in [0.3, 0.4) is 0 Å². The van der Waals surface area contributed by atoms with Gasteiger partial charge in [0.2, 0.25) is 5.91 Å². The summed E-state index contributed by atoms with van der Waals surface area (Å²) in [6.45, 7) is 0.554. The van der Waals surface area contributed by atoms with Crippen LogP contribution in [0.1, 0.15) is 37.7 Å². The topological polar surface area (TPSA) is 46.3 Å². The Morgan fingerprint density at radius 3 is 2.52 bits per heavy atom. The third kappa shape index (κ3) is 2.67. The Morgan fingerprint density at radius 2 is 2.05 bits per heavy atom. The average molecular weight is 294 g/mol. The zero-order chi connectivity index (χ0) is 15.0. The van der Waals surface area contributed by atoms with Crippen molar-refractivity contribution in [2.24, 2.45) is 11.1 Å². The molecular weight excluding hydrogens is 274 g/mol. The Balaban J connectivity index is 1.80. The summed E-state index contributed by atoms with van der Waals surface area (Å²) < 4.78 is 26.8. The van der Waals surface area contributed by atoms with Gasteiger partial charge in [0.25, 0.3) is 0 Å². The van der Waals surface area contributed by atoms with E-state index >= 15 is 0 Å². The van der Waals surface area contributed by atoms with E-state index in [9.17, 15) is 13.6 Å². The minimum Gasteiger partial charge on any atom is -0.335 e. The summed E-state index contributed by atoms with van der Waals surface area (Å²) in [5, 5.41) is 0. The number of nitrogens with two attached hydrogens (primary N) is 1. The molecule has 2 saturated carbocycles. The normalized spacial score (nSPS) is 20.0. The van der Waals surface area contributed by atoms with Crippen molar-refractivity contribution in [3.8, 4) is 0 Å². The molecule has 2 fully saturated rings. The maximum Gasteiger partial charge on any atom is 0.230 e. The van der Waals surface area contributed by atoms with Crippen LogP contribution in [0.25, 0.3) is 0 Å². The van der Waals surface area contributed by atoms with Crippen LogP contribution >= 0.6 is 0 Å². The minimum absolute atomic E-state index is 0.0440. The van der Waals surface area contributed by atoms with E-state index in [-0.39, 0.29) is 18.5 Å². The van der Waals surface area contributed by atoms with Gasteiger partial charge in [-0.25, -0.2) is 8.78 Å². The van der Waals surface area contributed by atoms with Gasteiger partial charge in [0, 0.05) is 30.8 Å². The predicted octanol–water partition coefficient (Wildman–Crippen LogP) is 2.58. The highest BCUT2D eigenvalue weighted by atomic mass is 19.1. The Morgan fingerprint density at radius 1 is 1.33 bits per heavy atom. The van der Waals surface area contributed by atoms with Gasteiger partial charge in [-0.15, -0.1) is 0 Å². The van der Waals surface area contributed by atoms with Crippen molar-refractivity contribution < 1.29 is 13.6 Å². The van der Waals surface area contributed by atoms with Gasteiger partial charge in [-0.3, -0.25) is 4.79 Å². The molecule has 2 aliphatic carbocycles. The fraction of sp³-hybridized carbons (Fsp3) is 0.562. The maximum absolute atomic E-state index is 13.8. The lowest BCUT2D eigenvalue weighted by Crippen LogP contribution is -2.52. The quantitative estimate of drug-likeness (QED) is 0.907. The van der Waals surface area contributed by atoms with Crippen LogP contribution in [-0.2, 0) is 11.3 Å². The molecule has 0 aliphatic heterocycles. The number of rotatable bonds is 5. The first kappa shape index (κ1) is 14.4. The maximum atomic E-state index is 13.8. The van der Waals surface area contributed by atoms with E-state index in [1.54, 1.807) is 4.90 Å². The lowest BCUT2D eigenvalue weighted by atomic mass is 9.67. The first-order valence-corrected chi connectivity index (χ1v) is 7.51. The van der Waals surface area contributed by atoms with E-state index in [2.05, 4.69) is 0 Å². The fourth-order valence-corrected chi connectivity index (χ4v) is 3.00. The second kappa shape index (κ2) is 5.37. The van der Waals surface area contributed by atoms with Gasteiger partial charge in [0.1, 0.15) is 11.6 Å². The molecule has 2 N–H and O–H groups in total. The van der Waals surface area contributed by atoms with Crippen LogP contribution in [0.5, 0.6) is 0 Å². The number of hydrogen-bond donors (Lipinski definition) is 1. The van der Waals surface area contributed by atoms with Crippen LogP contribution in [-0.4, -0.2) is 23.4 Å². The summed E-state index contributed by atoms with van der Waals surface area (Å²) in [6.07, 6.45) is 4.56. The van der Waals surface area contributed by atoms with E-state index in [0.717, 1.165) is 38.2 Å². The molecule has 0 unspecified atom stereocenters. The van der Waals surface area contributed by atoms with Gasteiger partial charge in [-0.2, -0.15) is 0 Å². The molecule has 0 spiro atoms. The van der Waals surface area contributed by atoms with Crippen LogP contribution in [0.15, 0.2) is 18.2 Å². The summed E-state index contributed by atoms with van der Waals surface area (Å²) >= 11 is 0. The molecule has 3 nitrogen and oxygen atoms in total. The third-order valence-corrected chi connectivity index (χ3v) is 4.76. The first-order valence-electron chi connectivity index (χ1n) is 7.51. The van der Waals surface area contributed by atoms with Crippen molar-refractivity contribution in [3.05, 3.63) is 35.4 Å². The van der Waals surface area contributed by atoms with Crippen molar-refractivity contribution in [3.63, 3.8) is 0 Å². The Kier molecular flexibility index (Phi) is 3.69. The molecule has 0 saturated heterocycles. The summed E-state index contributed by atoms with van der Waals surface area (Å²) in [6, 6.07) is 3.71. The summed E-state index contributed by atoms with van der Waals surface area (Å²) in [4.78, 5) is 14.5. The fourth-order valence-electron chi connectivity index (χ4n) is 3.00. The molecule has 0 radical (unpaired) electrons. The van der Waals surface area contributed by atoms with Crippen molar-refractivity contribution in [1.82, 2.24) is 4.90 Å². The third-order valence-electron chi connectivity index (χ3n) is 4.76. The van der Waals surface area contributed by atoms with E-state index in [1.807, 2.05) is 0 Å². The van der Waals surface area contributed by atoms with Gasteiger partial charge in [0.15, 0.2) is 0 Å². The number of hydrogen-bond acceptors (Lipinski definition) is 2. The molecule has 21 heavy (non-hydrogen) atoms. The van der Waals surface area contributed by atoms with Gasteiger partial charge in [0.05, 0.1) is 5.41 Å². The van der Waals surface area contributed by atoms with E-state index in [1.165, 1.54) is 12.1 Å². The zero-order valence-electron chi connectivity index (χ0n) is 11.9. The van der Waals surface area contributed by atoms with Crippen LogP contribution in [0, 0.1) is 17.0 Å². The van der Waals surface area contributed by atoms with Crippen molar-refractivity contribution in [2.75, 3.05) is 6.54 Å². The molecule has 0 heterocycles. The molecule has 0 atom stereocenters. The second-order valence-electron chi connectivity index (χ2n) is 6.24. The lowest BCUT2D eigenvalue weighted by Gasteiger charge is -2.43. The predicted molar refractivity (Wildman–Crippen MR) is 75.3 cm³/mol. The molecule has 1 aromatic carbocycles. The Labute approximate surface area is 123 Å². The SMILES string of the molecule is NCC1(C(=O)N(Cc2ccc(F)cc2F)C2CC2)CCC1. The van der Waals surface area contributed by atoms with Crippen molar-refractivity contribution in [2.45, 2.75) is 44.7 Å². The van der Waals surface area contributed by atoms with Crippen LogP contribution < -0.4 is 5.73 Å². The standard InChI is InChI=1S/C16H20F2N2O/c17-12-3-2-11(14(18)8-12)9-20(13-4-5-13)15(21)16(10-19)6-1-7-16/h2-3,8,13H,1,4-7,9-10,19H2. The van der Waals surface area contributed by atoms with E-state index in [4.69, 9.17) is 5.73 Å². The Bertz CT molecular complexity index is 548. The number of nitrogens with zero attached hydrogens (tertiary/aromatic N) is 1. The van der Waals surface area contributed by atoms with E-state index < -0.39 is 17.0 Å². The summed E-state index contributed by atoms with van der Waals surface area (Å²) in [7, 11) is 0. The zero-order valence-corrected chi connectivity index (χ0v) is 11.9. The highest BCUT2D eigenvalue weighted by Crippen LogP contribution is 2.44. The number of carbonyl (C=O) groups is 1. The first-order chi connectivity index (χ1) is 10.1. The molecule has 114 valence electrons. The minimum atomic E-state index is -0.599. The highest BCUT2D eigenvalue weighted by Gasteiger charge is 2.48. The van der Waals surface area contributed by atoms with Crippen molar-refractivity contribution in [1.29, 1.82) is 0 Å². The number of halogens is 2. The number of benzene rings is 1. The van der Waals surface area contributed by atoms with Gasteiger partial charge >= 0.3 is 0 Å². The largest absolute Gasteiger partial charge is 0.335 e. The van der Waals surface area contributed by atoms with Gasteiger partial charge in [-0.1, -0.05) is 12.5 Å².